The molecule has 1 aliphatic rings. The summed E-state index contributed by atoms with van der Waals surface area (Å²) in [6.07, 6.45) is 31.4. The smallest absolute Gasteiger partial charge is 0.472 e. The minimum Gasteiger partial charge on any atom is -0.480 e. The average molecular weight is 886 g/mol. The SMILES string of the molecule is CCCCCCCC/C=C\CCCCCCCCCC(=O)O[C@H](COC(=O)CCC/C=C\C[C@H]1C(=O)C[C@@H](O)[C@@H]1/C=C/[C@@H](O)CCCCC)COP(=O)(O)OC[C@H](N)C(=O)O. The monoisotopic (exact) mass is 886 g/mol. The number of nitrogens with two attached hydrogens (primary N) is 1. The average Bonchev–Trinajstić information content (AvgIpc) is 3.49. The van der Waals surface area contributed by atoms with Crippen LogP contribution in [0.4, 0.5) is 0 Å². The molecule has 0 aromatic rings. The molecule has 1 rings (SSSR count). The minimum absolute atomic E-state index is 0.0264. The van der Waals surface area contributed by atoms with Crippen molar-refractivity contribution in [2.45, 2.75) is 199 Å². The van der Waals surface area contributed by atoms with Gasteiger partial charge in [0.15, 0.2) is 6.10 Å². The molecule has 7 atom stereocenters. The van der Waals surface area contributed by atoms with Gasteiger partial charge in [-0.05, 0) is 57.8 Å². The van der Waals surface area contributed by atoms with E-state index in [2.05, 4.69) is 30.5 Å². The number of phosphoric ester groups is 1. The number of esters is 2. The number of aliphatic carboxylic acids is 1. The molecule has 15 heteroatoms. The predicted octanol–water partition coefficient (Wildman–Crippen LogP) is 8.98. The number of unbranched alkanes of at least 4 members (excludes halogenated alkanes) is 16. The zero-order chi connectivity index (χ0) is 45.1. The van der Waals surface area contributed by atoms with E-state index in [1.54, 1.807) is 12.2 Å². The maximum absolute atomic E-state index is 12.7. The van der Waals surface area contributed by atoms with Crippen molar-refractivity contribution in [2.24, 2.45) is 17.6 Å². The molecule has 0 aliphatic heterocycles. The van der Waals surface area contributed by atoms with Gasteiger partial charge in [0.05, 0.1) is 25.4 Å². The van der Waals surface area contributed by atoms with E-state index in [4.69, 9.17) is 24.8 Å². The zero-order valence-electron chi connectivity index (χ0n) is 37.2. The van der Waals surface area contributed by atoms with Crippen molar-refractivity contribution in [3.63, 3.8) is 0 Å². The second-order valence-electron chi connectivity index (χ2n) is 16.3. The fourth-order valence-corrected chi connectivity index (χ4v) is 7.76. The maximum Gasteiger partial charge on any atom is 0.472 e. The van der Waals surface area contributed by atoms with E-state index in [0.717, 1.165) is 51.4 Å². The van der Waals surface area contributed by atoms with Crippen LogP contribution >= 0.6 is 7.82 Å². The van der Waals surface area contributed by atoms with Gasteiger partial charge in [-0.1, -0.05) is 134 Å². The van der Waals surface area contributed by atoms with Crippen LogP contribution in [0.2, 0.25) is 0 Å². The van der Waals surface area contributed by atoms with E-state index in [0.29, 0.717) is 32.1 Å². The fraction of sp³-hybridized carbons (Fsp3) is 0.783. The van der Waals surface area contributed by atoms with Crippen LogP contribution in [0, 0.1) is 11.8 Å². The lowest BCUT2D eigenvalue weighted by molar-refractivity contribution is -0.161. The number of Topliss-reactive ketones (excluding diaryl/α,β-unsaturated/α-hetero) is 1. The first-order valence-electron chi connectivity index (χ1n) is 23.1. The molecular weight excluding hydrogens is 805 g/mol. The minimum atomic E-state index is -4.78. The lowest BCUT2D eigenvalue weighted by Crippen LogP contribution is -2.34. The van der Waals surface area contributed by atoms with Crippen LogP contribution in [0.3, 0.4) is 0 Å². The Balaban J connectivity index is 2.47. The first-order valence-corrected chi connectivity index (χ1v) is 24.6. The van der Waals surface area contributed by atoms with Crippen LogP contribution in [0.5, 0.6) is 0 Å². The van der Waals surface area contributed by atoms with Crippen LogP contribution in [-0.2, 0) is 42.3 Å². The van der Waals surface area contributed by atoms with Gasteiger partial charge < -0.3 is 35.4 Å². The number of carbonyl (C=O) groups is 4. The number of ether oxygens (including phenoxy) is 2. The summed E-state index contributed by atoms with van der Waals surface area (Å²) in [4.78, 5) is 58.8. The van der Waals surface area contributed by atoms with E-state index >= 15 is 0 Å². The summed E-state index contributed by atoms with van der Waals surface area (Å²) < 4.78 is 32.7. The number of carbonyl (C=O) groups excluding carboxylic acids is 3. The summed E-state index contributed by atoms with van der Waals surface area (Å²) in [7, 11) is -4.78. The molecule has 0 bridgehead atoms. The molecule has 352 valence electrons. The lowest BCUT2D eigenvalue weighted by atomic mass is 9.90. The Kier molecular flexibility index (Phi) is 33.0. The van der Waals surface area contributed by atoms with Crippen LogP contribution in [0.15, 0.2) is 36.5 Å². The highest BCUT2D eigenvalue weighted by atomic mass is 31.2. The first kappa shape index (κ1) is 56.3. The third-order valence-electron chi connectivity index (χ3n) is 10.7. The molecule has 0 spiro atoms. The number of hydrogen-bond acceptors (Lipinski definition) is 12. The van der Waals surface area contributed by atoms with Crippen molar-refractivity contribution in [3.8, 4) is 0 Å². The van der Waals surface area contributed by atoms with Crippen molar-refractivity contribution in [1.82, 2.24) is 0 Å². The molecule has 1 saturated carbocycles. The van der Waals surface area contributed by atoms with Gasteiger partial charge in [0, 0.05) is 31.1 Å². The molecule has 6 N–H and O–H groups in total. The quantitative estimate of drug-likeness (QED) is 0.0168. The summed E-state index contributed by atoms with van der Waals surface area (Å²) in [5.74, 6) is -3.40. The summed E-state index contributed by atoms with van der Waals surface area (Å²) in [6.45, 7) is 2.42. The van der Waals surface area contributed by atoms with Crippen molar-refractivity contribution in [3.05, 3.63) is 36.5 Å². The number of ketones is 1. The van der Waals surface area contributed by atoms with Gasteiger partial charge in [-0.2, -0.15) is 0 Å². The zero-order valence-corrected chi connectivity index (χ0v) is 38.1. The normalized spacial score (nSPS) is 19.4. The van der Waals surface area contributed by atoms with E-state index < -0.39 is 75.8 Å². The molecule has 0 aromatic heterocycles. The van der Waals surface area contributed by atoms with E-state index in [-0.39, 0.29) is 31.0 Å². The molecule has 1 unspecified atom stereocenters. The number of carboxylic acid groups (broad SMARTS) is 1. The van der Waals surface area contributed by atoms with Gasteiger partial charge >= 0.3 is 25.7 Å². The number of aliphatic hydroxyl groups excluding tert-OH is 2. The van der Waals surface area contributed by atoms with Crippen LogP contribution in [0.25, 0.3) is 0 Å². The van der Waals surface area contributed by atoms with Crippen molar-refractivity contribution < 1.29 is 62.5 Å². The Hall–Kier alpha value is -2.71. The summed E-state index contributed by atoms with van der Waals surface area (Å²) >= 11 is 0. The molecule has 14 nitrogen and oxygen atoms in total. The number of hydrogen-bond donors (Lipinski definition) is 5. The number of carboxylic acids is 1. The lowest BCUT2D eigenvalue weighted by Gasteiger charge is -2.20. The second-order valence-corrected chi connectivity index (χ2v) is 17.8. The topological polar surface area (TPSA) is 229 Å². The van der Waals surface area contributed by atoms with Crippen LogP contribution in [-0.4, -0.2) is 88.1 Å². The highest BCUT2D eigenvalue weighted by Crippen LogP contribution is 2.43. The van der Waals surface area contributed by atoms with Crippen LogP contribution in [0.1, 0.15) is 174 Å². The molecular formula is C46H80NO13P. The highest BCUT2D eigenvalue weighted by molar-refractivity contribution is 7.47. The Morgan fingerprint density at radius 1 is 0.754 bits per heavy atom. The Morgan fingerprint density at radius 3 is 1.93 bits per heavy atom. The summed E-state index contributed by atoms with van der Waals surface area (Å²) in [5.41, 5.74) is 5.33. The summed E-state index contributed by atoms with van der Waals surface area (Å²) in [5, 5.41) is 29.6. The van der Waals surface area contributed by atoms with E-state index in [1.807, 2.05) is 12.2 Å². The molecule has 0 heterocycles. The third-order valence-corrected chi connectivity index (χ3v) is 11.7. The number of rotatable bonds is 39. The van der Waals surface area contributed by atoms with Crippen molar-refractivity contribution in [1.29, 1.82) is 0 Å². The third kappa shape index (κ3) is 30.1. The van der Waals surface area contributed by atoms with Crippen molar-refractivity contribution >= 4 is 31.5 Å². The molecule has 1 fully saturated rings. The second kappa shape index (κ2) is 35.7. The van der Waals surface area contributed by atoms with Gasteiger partial charge in [0.1, 0.15) is 18.4 Å². The molecule has 61 heavy (non-hydrogen) atoms. The van der Waals surface area contributed by atoms with Crippen molar-refractivity contribution in [2.75, 3.05) is 19.8 Å². The summed E-state index contributed by atoms with van der Waals surface area (Å²) in [6, 6.07) is -1.56. The number of phosphoric acid groups is 1. The molecule has 0 saturated heterocycles. The molecule has 0 amide bonds. The van der Waals surface area contributed by atoms with Gasteiger partial charge in [-0.25, -0.2) is 4.57 Å². The Bertz CT molecular complexity index is 1340. The highest BCUT2D eigenvalue weighted by Gasteiger charge is 2.39. The van der Waals surface area contributed by atoms with Gasteiger partial charge in [-0.3, -0.25) is 28.2 Å². The predicted molar refractivity (Wildman–Crippen MR) is 236 cm³/mol. The first-order chi connectivity index (χ1) is 29.3. The van der Waals surface area contributed by atoms with Gasteiger partial charge in [0.25, 0.3) is 0 Å². The maximum atomic E-state index is 12.7. The number of allylic oxidation sites excluding steroid dienone is 4. The Labute approximate surface area is 365 Å². The largest absolute Gasteiger partial charge is 0.480 e. The van der Waals surface area contributed by atoms with Crippen LogP contribution < -0.4 is 5.73 Å². The number of aliphatic hydroxyl groups is 2. The Morgan fingerprint density at radius 2 is 1.30 bits per heavy atom. The van der Waals surface area contributed by atoms with E-state index in [9.17, 15) is 38.8 Å². The van der Waals surface area contributed by atoms with Gasteiger partial charge in [-0.15, -0.1) is 0 Å². The van der Waals surface area contributed by atoms with E-state index in [1.165, 1.54) is 57.8 Å². The fourth-order valence-electron chi connectivity index (χ4n) is 6.98. The van der Waals surface area contributed by atoms with Gasteiger partial charge in [0.2, 0.25) is 0 Å². The molecule has 1 aliphatic carbocycles. The molecule has 0 aromatic carbocycles. The standard InChI is InChI=1S/C46H80NO13P/c1-3-5-7-8-9-10-11-12-13-14-15-16-17-18-19-20-26-30-45(52)60-38(35-58-61(55,56)59-36-41(47)46(53)54)34-57-44(51)29-25-22-21-24-28-39-40(43(50)33-42(39)49)32-31-37(48)27-23-6-4-2/h12-13,21,24,31-32,37-41,43,48,50H,3-11,14-20,22-23,25-30,33-36,47H2,1-2H3,(H,53,54)(H,55,56)/b13-12-,24-21-,32-31+/t37-,38+,39+,40+,41-,43+/m0/s1. The molecule has 0 radical (unpaired) electrons.